The van der Waals surface area contributed by atoms with E-state index in [4.69, 9.17) is 9.47 Å². The van der Waals surface area contributed by atoms with Crippen LogP contribution in [-0.2, 0) is 4.74 Å². The summed E-state index contributed by atoms with van der Waals surface area (Å²) in [5.41, 5.74) is 1.04. The molecule has 0 aliphatic carbocycles. The highest BCUT2D eigenvalue weighted by molar-refractivity contribution is 5.31. The third-order valence-electron chi connectivity index (χ3n) is 2.21. The molecule has 0 spiro atoms. The highest BCUT2D eigenvalue weighted by Crippen LogP contribution is 2.16. The highest BCUT2D eigenvalue weighted by Gasteiger charge is 2.07. The molecule has 1 aromatic carbocycles. The molecule has 0 fully saturated rings. The number of aliphatic hydroxyl groups is 1. The molecule has 17 heavy (non-hydrogen) atoms. The fraction of sp³-hybridized carbons (Fsp3) is 0.286. The normalized spacial score (nSPS) is 11.6. The highest BCUT2D eigenvalue weighted by atomic mass is 16.5. The van der Waals surface area contributed by atoms with Gasteiger partial charge in [-0.2, -0.15) is 0 Å². The molecule has 0 radical (unpaired) electrons. The maximum atomic E-state index is 9.62. The number of aryl methyl sites for hydroxylation is 1. The van der Waals surface area contributed by atoms with E-state index in [0.717, 1.165) is 11.3 Å². The van der Waals surface area contributed by atoms with Crippen LogP contribution in [0.1, 0.15) is 5.56 Å². The molecule has 0 amide bonds. The molecule has 1 unspecified atom stereocenters. The summed E-state index contributed by atoms with van der Waals surface area (Å²) in [5.74, 6) is 1.22. The first-order valence-corrected chi connectivity index (χ1v) is 5.44. The van der Waals surface area contributed by atoms with E-state index in [-0.39, 0.29) is 13.2 Å². The first kappa shape index (κ1) is 13.3. The second-order valence-electron chi connectivity index (χ2n) is 3.71. The van der Waals surface area contributed by atoms with Crippen LogP contribution in [0.5, 0.6) is 5.75 Å². The van der Waals surface area contributed by atoms with Crippen LogP contribution in [0.25, 0.3) is 0 Å². The molecular formula is C14H18O3. The van der Waals surface area contributed by atoms with Crippen molar-refractivity contribution in [3.63, 3.8) is 0 Å². The summed E-state index contributed by atoms with van der Waals surface area (Å²) in [6.07, 6.45) is 0.806. The van der Waals surface area contributed by atoms with Gasteiger partial charge in [0.05, 0.1) is 0 Å². The molecule has 1 N–H and O–H groups in total. The molecule has 1 atom stereocenters. The standard InChI is InChI=1S/C14H18O3/c1-4-12(3)16-9-13(15)10-17-14-8-6-5-7-11(14)2/h4-8,13,15H,1,3,9-10H2,2H3. The van der Waals surface area contributed by atoms with Crippen molar-refractivity contribution in [2.75, 3.05) is 13.2 Å². The van der Waals surface area contributed by atoms with Crippen LogP contribution < -0.4 is 4.74 Å². The summed E-state index contributed by atoms with van der Waals surface area (Å²) in [4.78, 5) is 0. The number of benzene rings is 1. The minimum Gasteiger partial charge on any atom is -0.491 e. The fourth-order valence-corrected chi connectivity index (χ4v) is 1.21. The van der Waals surface area contributed by atoms with Gasteiger partial charge in [0.15, 0.2) is 0 Å². The van der Waals surface area contributed by atoms with Crippen molar-refractivity contribution in [2.45, 2.75) is 13.0 Å². The Morgan fingerprint density at radius 3 is 2.76 bits per heavy atom. The summed E-state index contributed by atoms with van der Waals surface area (Å²) in [7, 11) is 0. The van der Waals surface area contributed by atoms with Crippen molar-refractivity contribution in [3.8, 4) is 5.75 Å². The Morgan fingerprint density at radius 1 is 1.41 bits per heavy atom. The van der Waals surface area contributed by atoms with Gasteiger partial charge in [0.2, 0.25) is 0 Å². The fourth-order valence-electron chi connectivity index (χ4n) is 1.21. The van der Waals surface area contributed by atoms with E-state index in [9.17, 15) is 5.11 Å². The molecule has 0 aromatic heterocycles. The SMILES string of the molecule is C=CC(=C)OCC(O)COc1ccccc1C. The van der Waals surface area contributed by atoms with E-state index in [0.29, 0.717) is 5.76 Å². The van der Waals surface area contributed by atoms with Gasteiger partial charge in [-0.05, 0) is 24.6 Å². The quantitative estimate of drug-likeness (QED) is 0.582. The lowest BCUT2D eigenvalue weighted by Gasteiger charge is -2.14. The molecule has 3 nitrogen and oxygen atoms in total. The van der Waals surface area contributed by atoms with Crippen molar-refractivity contribution in [3.05, 3.63) is 54.8 Å². The molecule has 92 valence electrons. The third-order valence-corrected chi connectivity index (χ3v) is 2.21. The molecule has 0 saturated carbocycles. The number of ether oxygens (including phenoxy) is 2. The van der Waals surface area contributed by atoms with Crippen LogP contribution in [0.2, 0.25) is 0 Å². The van der Waals surface area contributed by atoms with Gasteiger partial charge in [0, 0.05) is 0 Å². The van der Waals surface area contributed by atoms with Gasteiger partial charge in [-0.3, -0.25) is 0 Å². The van der Waals surface area contributed by atoms with Crippen molar-refractivity contribution in [1.82, 2.24) is 0 Å². The van der Waals surface area contributed by atoms with Gasteiger partial charge < -0.3 is 14.6 Å². The van der Waals surface area contributed by atoms with Crippen LogP contribution in [0.4, 0.5) is 0 Å². The largest absolute Gasteiger partial charge is 0.491 e. The smallest absolute Gasteiger partial charge is 0.122 e. The number of rotatable bonds is 7. The molecule has 0 bridgehead atoms. The summed E-state index contributed by atoms with van der Waals surface area (Å²) in [6.45, 7) is 9.39. The lowest BCUT2D eigenvalue weighted by molar-refractivity contribution is 0.0407. The monoisotopic (exact) mass is 234 g/mol. The molecule has 1 aromatic rings. The first-order chi connectivity index (χ1) is 8.13. The van der Waals surface area contributed by atoms with Gasteiger partial charge in [0.1, 0.15) is 30.8 Å². The summed E-state index contributed by atoms with van der Waals surface area (Å²) in [5, 5.41) is 9.62. The zero-order valence-corrected chi connectivity index (χ0v) is 10.1. The lowest BCUT2D eigenvalue weighted by Crippen LogP contribution is -2.23. The van der Waals surface area contributed by atoms with Crippen molar-refractivity contribution < 1.29 is 14.6 Å². The minimum absolute atomic E-state index is 0.150. The number of allylic oxidation sites excluding steroid dienone is 1. The Bertz CT molecular complexity index is 385. The van der Waals surface area contributed by atoms with E-state index in [1.54, 1.807) is 0 Å². The van der Waals surface area contributed by atoms with Gasteiger partial charge >= 0.3 is 0 Å². The molecule has 0 aliphatic heterocycles. The molecular weight excluding hydrogens is 216 g/mol. The van der Waals surface area contributed by atoms with Crippen molar-refractivity contribution in [1.29, 1.82) is 0 Å². The van der Waals surface area contributed by atoms with E-state index < -0.39 is 6.10 Å². The summed E-state index contributed by atoms with van der Waals surface area (Å²) in [6, 6.07) is 7.66. The Morgan fingerprint density at radius 2 is 2.12 bits per heavy atom. The van der Waals surface area contributed by atoms with Gasteiger partial charge in [0.25, 0.3) is 0 Å². The van der Waals surface area contributed by atoms with Crippen LogP contribution >= 0.6 is 0 Å². The Kier molecular flexibility index (Phi) is 5.30. The molecule has 3 heteroatoms. The Hall–Kier alpha value is -1.74. The van der Waals surface area contributed by atoms with E-state index in [2.05, 4.69) is 13.2 Å². The van der Waals surface area contributed by atoms with Gasteiger partial charge in [-0.25, -0.2) is 0 Å². The Labute approximate surface area is 102 Å². The second kappa shape index (κ2) is 6.76. The van der Waals surface area contributed by atoms with Crippen LogP contribution in [0, 0.1) is 6.92 Å². The number of para-hydroxylation sites is 1. The predicted molar refractivity (Wildman–Crippen MR) is 68.0 cm³/mol. The topological polar surface area (TPSA) is 38.7 Å². The molecule has 0 heterocycles. The van der Waals surface area contributed by atoms with E-state index in [1.165, 1.54) is 6.08 Å². The maximum absolute atomic E-state index is 9.62. The zero-order valence-electron chi connectivity index (χ0n) is 10.1. The number of aliphatic hydroxyl groups excluding tert-OH is 1. The van der Waals surface area contributed by atoms with Crippen LogP contribution in [-0.4, -0.2) is 24.4 Å². The van der Waals surface area contributed by atoms with Gasteiger partial charge in [-0.1, -0.05) is 31.4 Å². The lowest BCUT2D eigenvalue weighted by atomic mass is 10.2. The number of hydrogen-bond donors (Lipinski definition) is 1. The third kappa shape index (κ3) is 4.74. The summed E-state index contributed by atoms with van der Waals surface area (Å²) >= 11 is 0. The maximum Gasteiger partial charge on any atom is 0.122 e. The van der Waals surface area contributed by atoms with E-state index in [1.807, 2.05) is 31.2 Å². The van der Waals surface area contributed by atoms with Crippen molar-refractivity contribution >= 4 is 0 Å². The average molecular weight is 234 g/mol. The molecule has 0 aliphatic rings. The molecule has 1 rings (SSSR count). The van der Waals surface area contributed by atoms with Gasteiger partial charge in [-0.15, -0.1) is 0 Å². The van der Waals surface area contributed by atoms with E-state index >= 15 is 0 Å². The van der Waals surface area contributed by atoms with Crippen LogP contribution in [0.3, 0.4) is 0 Å². The summed E-state index contributed by atoms with van der Waals surface area (Å²) < 4.78 is 10.6. The molecule has 0 saturated heterocycles. The predicted octanol–water partition coefficient (Wildman–Crippen LogP) is 2.45. The zero-order chi connectivity index (χ0) is 12.7. The Balaban J connectivity index is 2.33. The van der Waals surface area contributed by atoms with Crippen molar-refractivity contribution in [2.24, 2.45) is 0 Å². The minimum atomic E-state index is -0.689. The van der Waals surface area contributed by atoms with Crippen LogP contribution in [0.15, 0.2) is 49.3 Å². The average Bonchev–Trinajstić information content (AvgIpc) is 2.35. The second-order valence-corrected chi connectivity index (χ2v) is 3.71. The first-order valence-electron chi connectivity index (χ1n) is 5.44. The number of hydrogen-bond acceptors (Lipinski definition) is 3.